The molecule has 19 heavy (non-hydrogen) atoms. The molecule has 0 amide bonds. The van der Waals surface area contributed by atoms with Gasteiger partial charge in [-0.1, -0.05) is 0 Å². The number of carbonyl (C=O) groups excluding carboxylic acids is 1. The SMILES string of the molecule is COC(=O)C(Nc1ccc(F)cc1)c1cnn(C)c1. The van der Waals surface area contributed by atoms with Crippen molar-refractivity contribution in [3.63, 3.8) is 0 Å². The van der Waals surface area contributed by atoms with Gasteiger partial charge in [0.1, 0.15) is 5.82 Å². The van der Waals surface area contributed by atoms with Crippen LogP contribution in [0.4, 0.5) is 10.1 Å². The van der Waals surface area contributed by atoms with Gasteiger partial charge in [0.15, 0.2) is 6.04 Å². The van der Waals surface area contributed by atoms with Gasteiger partial charge in [-0.05, 0) is 24.3 Å². The number of carbonyl (C=O) groups is 1. The van der Waals surface area contributed by atoms with E-state index in [-0.39, 0.29) is 5.82 Å². The van der Waals surface area contributed by atoms with E-state index >= 15 is 0 Å². The number of ether oxygens (including phenoxy) is 1. The lowest BCUT2D eigenvalue weighted by Gasteiger charge is -2.16. The maximum Gasteiger partial charge on any atom is 0.333 e. The van der Waals surface area contributed by atoms with E-state index < -0.39 is 12.0 Å². The number of nitrogens with one attached hydrogen (secondary N) is 1. The third-order valence-corrected chi connectivity index (χ3v) is 2.65. The van der Waals surface area contributed by atoms with Crippen LogP contribution in [0, 0.1) is 5.82 Å². The Labute approximate surface area is 110 Å². The number of nitrogens with zero attached hydrogens (tertiary/aromatic N) is 2. The van der Waals surface area contributed by atoms with Crippen molar-refractivity contribution in [2.24, 2.45) is 7.05 Å². The van der Waals surface area contributed by atoms with Crippen molar-refractivity contribution in [2.45, 2.75) is 6.04 Å². The Morgan fingerprint density at radius 1 is 1.42 bits per heavy atom. The van der Waals surface area contributed by atoms with Crippen molar-refractivity contribution in [1.29, 1.82) is 0 Å². The van der Waals surface area contributed by atoms with E-state index in [0.29, 0.717) is 11.3 Å². The first-order valence-electron chi connectivity index (χ1n) is 5.68. The molecular weight excluding hydrogens is 249 g/mol. The summed E-state index contributed by atoms with van der Waals surface area (Å²) >= 11 is 0. The molecule has 0 aliphatic carbocycles. The van der Waals surface area contributed by atoms with Gasteiger partial charge in [-0.25, -0.2) is 9.18 Å². The van der Waals surface area contributed by atoms with Crippen LogP contribution in [-0.4, -0.2) is 22.9 Å². The van der Waals surface area contributed by atoms with Crippen molar-refractivity contribution in [1.82, 2.24) is 9.78 Å². The van der Waals surface area contributed by atoms with Gasteiger partial charge in [-0.3, -0.25) is 4.68 Å². The predicted molar refractivity (Wildman–Crippen MR) is 68.0 cm³/mol. The van der Waals surface area contributed by atoms with Crippen LogP contribution in [0.5, 0.6) is 0 Å². The Morgan fingerprint density at radius 2 is 2.11 bits per heavy atom. The Bertz CT molecular complexity index is 566. The van der Waals surface area contributed by atoms with E-state index in [0.717, 1.165) is 0 Å². The third-order valence-electron chi connectivity index (χ3n) is 2.65. The summed E-state index contributed by atoms with van der Waals surface area (Å²) in [6, 6.07) is 5.08. The van der Waals surface area contributed by atoms with E-state index in [9.17, 15) is 9.18 Å². The molecule has 1 aromatic carbocycles. The zero-order valence-corrected chi connectivity index (χ0v) is 10.6. The van der Waals surface area contributed by atoms with Crippen molar-refractivity contribution in [3.05, 3.63) is 48.0 Å². The van der Waals surface area contributed by atoms with Crippen LogP contribution in [0.15, 0.2) is 36.7 Å². The second-order valence-electron chi connectivity index (χ2n) is 4.05. The second kappa shape index (κ2) is 5.51. The molecule has 0 bridgehead atoms. The smallest absolute Gasteiger partial charge is 0.333 e. The summed E-state index contributed by atoms with van der Waals surface area (Å²) in [5.74, 6) is -0.765. The van der Waals surface area contributed by atoms with Crippen molar-refractivity contribution in [3.8, 4) is 0 Å². The number of methoxy groups -OCH3 is 1. The minimum atomic E-state index is -0.677. The van der Waals surface area contributed by atoms with E-state index in [1.165, 1.54) is 19.2 Å². The third kappa shape index (κ3) is 3.09. The second-order valence-corrected chi connectivity index (χ2v) is 4.05. The van der Waals surface area contributed by atoms with Crippen LogP contribution in [0.1, 0.15) is 11.6 Å². The normalized spacial score (nSPS) is 11.9. The van der Waals surface area contributed by atoms with E-state index in [1.54, 1.807) is 36.3 Å². The van der Waals surface area contributed by atoms with Gasteiger partial charge in [0, 0.05) is 24.5 Å². The van der Waals surface area contributed by atoms with Crippen LogP contribution in [-0.2, 0) is 16.6 Å². The zero-order chi connectivity index (χ0) is 13.8. The number of esters is 1. The molecule has 0 saturated carbocycles. The van der Waals surface area contributed by atoms with Crippen LogP contribution in [0.3, 0.4) is 0 Å². The highest BCUT2D eigenvalue weighted by atomic mass is 19.1. The molecule has 0 spiro atoms. The molecule has 100 valence electrons. The maximum absolute atomic E-state index is 12.8. The summed E-state index contributed by atoms with van der Waals surface area (Å²) in [4.78, 5) is 11.8. The summed E-state index contributed by atoms with van der Waals surface area (Å²) in [5, 5.41) is 7.01. The number of halogens is 1. The molecule has 0 radical (unpaired) electrons. The highest BCUT2D eigenvalue weighted by molar-refractivity contribution is 5.80. The molecule has 1 N–H and O–H groups in total. The predicted octanol–water partition coefficient (Wildman–Crippen LogP) is 1.89. The molecular formula is C13H14FN3O2. The quantitative estimate of drug-likeness (QED) is 0.856. The van der Waals surface area contributed by atoms with Gasteiger partial charge >= 0.3 is 5.97 Å². The Morgan fingerprint density at radius 3 is 2.63 bits per heavy atom. The monoisotopic (exact) mass is 263 g/mol. The lowest BCUT2D eigenvalue weighted by molar-refractivity contribution is -0.141. The maximum atomic E-state index is 12.8. The molecule has 1 unspecified atom stereocenters. The molecule has 0 saturated heterocycles. The number of anilines is 1. The van der Waals surface area contributed by atoms with Crippen LogP contribution in [0.25, 0.3) is 0 Å². The van der Waals surface area contributed by atoms with Crippen molar-refractivity contribution in [2.75, 3.05) is 12.4 Å². The number of hydrogen-bond acceptors (Lipinski definition) is 4. The van der Waals surface area contributed by atoms with E-state index in [2.05, 4.69) is 10.4 Å². The van der Waals surface area contributed by atoms with E-state index in [4.69, 9.17) is 4.74 Å². The van der Waals surface area contributed by atoms with Crippen LogP contribution < -0.4 is 5.32 Å². The fraction of sp³-hybridized carbons (Fsp3) is 0.231. The highest BCUT2D eigenvalue weighted by Crippen LogP contribution is 2.20. The van der Waals surface area contributed by atoms with Gasteiger partial charge in [0.05, 0.1) is 13.3 Å². The molecule has 1 heterocycles. The van der Waals surface area contributed by atoms with Gasteiger partial charge in [-0.15, -0.1) is 0 Å². The lowest BCUT2D eigenvalue weighted by Crippen LogP contribution is -2.22. The van der Waals surface area contributed by atoms with Crippen molar-refractivity contribution < 1.29 is 13.9 Å². The van der Waals surface area contributed by atoms with Crippen LogP contribution >= 0.6 is 0 Å². The molecule has 2 rings (SSSR count). The van der Waals surface area contributed by atoms with Gasteiger partial charge in [0.25, 0.3) is 0 Å². The molecule has 0 fully saturated rings. The number of aromatic nitrogens is 2. The van der Waals surface area contributed by atoms with Gasteiger partial charge in [-0.2, -0.15) is 5.10 Å². The standard InChI is InChI=1S/C13H14FN3O2/c1-17-8-9(7-15-17)12(13(18)19-2)16-11-5-3-10(14)4-6-11/h3-8,12,16H,1-2H3. The molecule has 2 aromatic rings. The van der Waals surface area contributed by atoms with E-state index in [1.807, 2.05) is 0 Å². The molecule has 5 nitrogen and oxygen atoms in total. The Kier molecular flexibility index (Phi) is 3.79. The molecule has 0 aliphatic rings. The summed E-state index contributed by atoms with van der Waals surface area (Å²) in [6.45, 7) is 0. The largest absolute Gasteiger partial charge is 0.467 e. The first kappa shape index (κ1) is 13.1. The molecule has 6 heteroatoms. The first-order valence-corrected chi connectivity index (χ1v) is 5.68. The summed E-state index contributed by atoms with van der Waals surface area (Å²) in [7, 11) is 3.08. The fourth-order valence-electron chi connectivity index (χ4n) is 1.70. The van der Waals surface area contributed by atoms with Crippen LogP contribution in [0.2, 0.25) is 0 Å². The van der Waals surface area contributed by atoms with Gasteiger partial charge in [0.2, 0.25) is 0 Å². The Hall–Kier alpha value is -2.37. The average molecular weight is 263 g/mol. The molecule has 1 atom stereocenters. The minimum absolute atomic E-state index is 0.332. The summed E-state index contributed by atoms with van der Waals surface area (Å²) in [6.07, 6.45) is 3.30. The average Bonchev–Trinajstić information content (AvgIpc) is 2.83. The van der Waals surface area contributed by atoms with Gasteiger partial charge < -0.3 is 10.1 Å². The number of benzene rings is 1. The summed E-state index contributed by atoms with van der Waals surface area (Å²) in [5.41, 5.74) is 1.30. The number of aryl methyl sites for hydroxylation is 1. The fourth-order valence-corrected chi connectivity index (χ4v) is 1.70. The summed E-state index contributed by atoms with van der Waals surface area (Å²) < 4.78 is 19.2. The highest BCUT2D eigenvalue weighted by Gasteiger charge is 2.22. The zero-order valence-electron chi connectivity index (χ0n) is 10.6. The number of hydrogen-bond donors (Lipinski definition) is 1. The minimum Gasteiger partial charge on any atom is -0.467 e. The molecule has 1 aromatic heterocycles. The first-order chi connectivity index (χ1) is 9.10. The topological polar surface area (TPSA) is 56.1 Å². The Balaban J connectivity index is 2.23. The number of rotatable bonds is 4. The lowest BCUT2D eigenvalue weighted by atomic mass is 10.1. The molecule has 0 aliphatic heterocycles. The van der Waals surface area contributed by atoms with Crippen molar-refractivity contribution >= 4 is 11.7 Å².